The molecule has 0 aromatic carbocycles. The molecule has 0 aliphatic heterocycles. The maximum Gasteiger partial charge on any atom is 0.460 e. The third kappa shape index (κ3) is 2.05. The predicted molar refractivity (Wildman–Crippen MR) is 27.2 cm³/mol. The molecule has 0 saturated carbocycles. The van der Waals surface area contributed by atoms with Crippen molar-refractivity contribution in [1.82, 2.24) is 0 Å². The molecule has 0 radical (unpaired) electrons. The molecule has 0 N–H and O–H groups in total. The lowest BCUT2D eigenvalue weighted by Gasteiger charge is -2.21. The van der Waals surface area contributed by atoms with Crippen LogP contribution in [0.2, 0.25) is 0 Å². The van der Waals surface area contributed by atoms with Crippen LogP contribution >= 0.6 is 0 Å². The third-order valence-corrected chi connectivity index (χ3v) is 0.879. The van der Waals surface area contributed by atoms with Gasteiger partial charge >= 0.3 is 18.5 Å². The molecule has 0 fully saturated rings. The van der Waals surface area contributed by atoms with E-state index in [1.54, 1.807) is 0 Å². The number of hydrogen-bond acceptors (Lipinski definition) is 1. The van der Waals surface area contributed by atoms with Gasteiger partial charge in [-0.2, -0.15) is 26.3 Å². The highest BCUT2D eigenvalue weighted by Gasteiger charge is 2.64. The largest absolute Gasteiger partial charge is 0.463 e. The van der Waals surface area contributed by atoms with Gasteiger partial charge in [0.1, 0.15) is 0 Å². The van der Waals surface area contributed by atoms with Gasteiger partial charge in [0.25, 0.3) is 0 Å². The second-order valence-electron chi connectivity index (χ2n) is 1.74. The van der Waals surface area contributed by atoms with E-state index in [0.717, 1.165) is 0 Å². The van der Waals surface area contributed by atoms with Gasteiger partial charge in [-0.3, -0.25) is 0 Å². The van der Waals surface area contributed by atoms with Crippen molar-refractivity contribution < 1.29 is 31.1 Å². The van der Waals surface area contributed by atoms with Gasteiger partial charge in [-0.15, -0.1) is 0 Å². The van der Waals surface area contributed by atoms with E-state index in [1.165, 1.54) is 0 Å². The Hall–Kier alpha value is -0.880. The van der Waals surface area contributed by atoms with E-state index in [9.17, 15) is 26.3 Å². The van der Waals surface area contributed by atoms with Crippen molar-refractivity contribution in [2.45, 2.75) is 18.5 Å². The molecule has 72 valence electrons. The molecule has 0 saturated heterocycles. The van der Waals surface area contributed by atoms with Crippen LogP contribution in [0.1, 0.15) is 0 Å². The highest BCUT2D eigenvalue weighted by Crippen LogP contribution is 2.39. The van der Waals surface area contributed by atoms with Crippen molar-refractivity contribution in [3.63, 3.8) is 0 Å². The molecule has 0 bridgehead atoms. The number of halogens is 6. The number of alkyl halides is 6. The van der Waals surface area contributed by atoms with Crippen molar-refractivity contribution in [3.05, 3.63) is 12.8 Å². The zero-order valence-electron chi connectivity index (χ0n) is 5.54. The molecule has 1 atom stereocenters. The van der Waals surface area contributed by atoms with Crippen LogP contribution in [0.3, 0.4) is 0 Å². The van der Waals surface area contributed by atoms with Crippen LogP contribution in [0, 0.1) is 0 Å². The molecule has 7 heteroatoms. The molecule has 0 spiro atoms. The number of rotatable bonds is 3. The lowest BCUT2D eigenvalue weighted by atomic mass is 10.3. The molecule has 0 heterocycles. The summed E-state index contributed by atoms with van der Waals surface area (Å²) < 4.78 is 72.8. The van der Waals surface area contributed by atoms with Crippen LogP contribution < -0.4 is 0 Å². The average Bonchev–Trinajstić information content (AvgIpc) is 1.85. The molecule has 0 rings (SSSR count). The van der Waals surface area contributed by atoms with Gasteiger partial charge in [0.15, 0.2) is 0 Å². The van der Waals surface area contributed by atoms with Crippen molar-refractivity contribution >= 4 is 0 Å². The van der Waals surface area contributed by atoms with E-state index in [-0.39, 0.29) is 6.26 Å². The summed E-state index contributed by atoms with van der Waals surface area (Å²) in [6, 6.07) is 0. The second kappa shape index (κ2) is 3.24. The van der Waals surface area contributed by atoms with Crippen molar-refractivity contribution in [1.29, 1.82) is 0 Å². The molecule has 12 heavy (non-hydrogen) atoms. The average molecular weight is 194 g/mol. The van der Waals surface area contributed by atoms with Gasteiger partial charge in [-0.05, 0) is 0 Å². The number of ether oxygens (including phenoxy) is 1. The topological polar surface area (TPSA) is 9.23 Å². The van der Waals surface area contributed by atoms with Crippen LogP contribution in [0.25, 0.3) is 0 Å². The van der Waals surface area contributed by atoms with Crippen molar-refractivity contribution in [3.8, 4) is 0 Å². The van der Waals surface area contributed by atoms with Gasteiger partial charge in [0.05, 0.1) is 6.26 Å². The standard InChI is InChI=1S/C5H4F6O/c1-2-12-3(6)4(7,8)5(9,10)11/h2-3H,1H2. The molecule has 0 aromatic heterocycles. The van der Waals surface area contributed by atoms with Gasteiger partial charge in [0.2, 0.25) is 0 Å². The fourth-order valence-electron chi connectivity index (χ4n) is 0.299. The van der Waals surface area contributed by atoms with Crippen LogP contribution in [-0.2, 0) is 4.74 Å². The fraction of sp³-hybridized carbons (Fsp3) is 0.600. The Labute approximate surface area is 63.6 Å². The molecule has 0 aliphatic carbocycles. The molecular formula is C5H4F6O. The summed E-state index contributed by atoms with van der Waals surface area (Å²) in [5.41, 5.74) is 0. The van der Waals surface area contributed by atoms with Gasteiger partial charge in [-0.25, -0.2) is 0 Å². The second-order valence-corrected chi connectivity index (χ2v) is 1.74. The third-order valence-electron chi connectivity index (χ3n) is 0.879. The Balaban J connectivity index is 4.48. The zero-order valence-corrected chi connectivity index (χ0v) is 5.54. The van der Waals surface area contributed by atoms with E-state index >= 15 is 0 Å². The Morgan fingerprint density at radius 1 is 1.17 bits per heavy atom. The zero-order chi connectivity index (χ0) is 9.99. The summed E-state index contributed by atoms with van der Waals surface area (Å²) in [7, 11) is 0. The maximum absolute atomic E-state index is 11.9. The summed E-state index contributed by atoms with van der Waals surface area (Å²) in [6.07, 6.45) is -9.55. The van der Waals surface area contributed by atoms with E-state index < -0.39 is 18.5 Å². The van der Waals surface area contributed by atoms with E-state index in [4.69, 9.17) is 0 Å². The molecule has 1 nitrogen and oxygen atoms in total. The summed E-state index contributed by atoms with van der Waals surface area (Å²) in [6.45, 7) is 2.63. The summed E-state index contributed by atoms with van der Waals surface area (Å²) in [5, 5.41) is 0. The van der Waals surface area contributed by atoms with E-state index in [2.05, 4.69) is 11.3 Å². The first-order chi connectivity index (χ1) is 5.23. The molecule has 1 unspecified atom stereocenters. The summed E-state index contributed by atoms with van der Waals surface area (Å²) in [5.74, 6) is -5.51. The lowest BCUT2D eigenvalue weighted by molar-refractivity contribution is -0.333. The van der Waals surface area contributed by atoms with Gasteiger partial charge < -0.3 is 4.74 Å². The van der Waals surface area contributed by atoms with Crippen LogP contribution in [0.5, 0.6) is 0 Å². The molecule has 0 amide bonds. The first-order valence-electron chi connectivity index (χ1n) is 2.58. The monoisotopic (exact) mass is 194 g/mol. The van der Waals surface area contributed by atoms with E-state index in [1.807, 2.05) is 0 Å². The number of hydrogen-bond donors (Lipinski definition) is 0. The normalized spacial score (nSPS) is 15.5. The first-order valence-corrected chi connectivity index (χ1v) is 2.58. The molecular weight excluding hydrogens is 190 g/mol. The highest BCUT2D eigenvalue weighted by atomic mass is 19.4. The Morgan fingerprint density at radius 2 is 1.58 bits per heavy atom. The Morgan fingerprint density at radius 3 is 1.83 bits per heavy atom. The SMILES string of the molecule is C=COC(F)C(F)(F)C(F)(F)F. The quantitative estimate of drug-likeness (QED) is 0.495. The predicted octanol–water partition coefficient (Wildman–Crippen LogP) is 2.64. The van der Waals surface area contributed by atoms with Gasteiger partial charge in [-0.1, -0.05) is 6.58 Å². The Kier molecular flexibility index (Phi) is 3.00. The maximum atomic E-state index is 11.9. The van der Waals surface area contributed by atoms with Crippen LogP contribution in [0.15, 0.2) is 12.8 Å². The highest BCUT2D eigenvalue weighted by molar-refractivity contribution is 4.80. The van der Waals surface area contributed by atoms with Crippen molar-refractivity contribution in [2.75, 3.05) is 0 Å². The minimum atomic E-state index is -5.96. The smallest absolute Gasteiger partial charge is 0.460 e. The summed E-state index contributed by atoms with van der Waals surface area (Å²) >= 11 is 0. The summed E-state index contributed by atoms with van der Waals surface area (Å²) in [4.78, 5) is 0. The van der Waals surface area contributed by atoms with E-state index in [0.29, 0.717) is 0 Å². The van der Waals surface area contributed by atoms with Crippen molar-refractivity contribution in [2.24, 2.45) is 0 Å². The first kappa shape index (κ1) is 11.1. The fourth-order valence-corrected chi connectivity index (χ4v) is 0.299. The molecule has 0 aromatic rings. The minimum Gasteiger partial charge on any atom is -0.463 e. The van der Waals surface area contributed by atoms with Gasteiger partial charge in [0, 0.05) is 0 Å². The Bertz CT molecular complexity index is 162. The van der Waals surface area contributed by atoms with Crippen LogP contribution in [-0.4, -0.2) is 18.5 Å². The molecule has 0 aliphatic rings. The van der Waals surface area contributed by atoms with Crippen LogP contribution in [0.4, 0.5) is 26.3 Å². The lowest BCUT2D eigenvalue weighted by Crippen LogP contribution is -2.45. The minimum absolute atomic E-state index is 0.171.